The molecular weight excluding hydrogens is 297 g/mol. The smallest absolute Gasteiger partial charge is 0.271 e. The Morgan fingerprint density at radius 2 is 2.14 bits per heavy atom. The van der Waals surface area contributed by atoms with Crippen LogP contribution in [0.2, 0.25) is 5.15 Å². The fraction of sp³-hybridized carbons (Fsp3) is 0.214. The normalized spacial score (nSPS) is 11.8. The summed E-state index contributed by atoms with van der Waals surface area (Å²) >= 11 is 5.61. The third kappa shape index (κ3) is 3.66. The summed E-state index contributed by atoms with van der Waals surface area (Å²) in [6, 6.07) is 3.66. The van der Waals surface area contributed by atoms with Gasteiger partial charge < -0.3 is 10.1 Å². The molecule has 110 valence electrons. The summed E-state index contributed by atoms with van der Waals surface area (Å²) in [6.07, 6.45) is 2.55. The van der Waals surface area contributed by atoms with Crippen LogP contribution in [-0.4, -0.2) is 23.0 Å². The molecule has 1 unspecified atom stereocenters. The van der Waals surface area contributed by atoms with Crippen molar-refractivity contribution in [1.82, 2.24) is 15.3 Å². The van der Waals surface area contributed by atoms with Gasteiger partial charge in [-0.1, -0.05) is 11.6 Å². The van der Waals surface area contributed by atoms with Crippen LogP contribution < -0.4 is 10.1 Å². The molecular formula is C14H13ClFN3O2. The van der Waals surface area contributed by atoms with E-state index in [1.165, 1.54) is 37.7 Å². The summed E-state index contributed by atoms with van der Waals surface area (Å²) < 4.78 is 18.5. The van der Waals surface area contributed by atoms with Crippen molar-refractivity contribution in [2.24, 2.45) is 0 Å². The molecule has 1 amide bonds. The number of hydrogen-bond donors (Lipinski definition) is 1. The Bertz CT molecular complexity index is 649. The van der Waals surface area contributed by atoms with E-state index in [1.807, 2.05) is 0 Å². The van der Waals surface area contributed by atoms with Crippen molar-refractivity contribution in [3.63, 3.8) is 0 Å². The first kappa shape index (κ1) is 15.2. The third-order valence-electron chi connectivity index (χ3n) is 2.86. The second-order valence-corrected chi connectivity index (χ2v) is 4.69. The van der Waals surface area contributed by atoms with E-state index in [-0.39, 0.29) is 10.8 Å². The topological polar surface area (TPSA) is 64.1 Å². The summed E-state index contributed by atoms with van der Waals surface area (Å²) in [6.45, 7) is 1.72. The summed E-state index contributed by atoms with van der Waals surface area (Å²) in [5, 5.41) is 2.90. The molecule has 2 rings (SSSR count). The van der Waals surface area contributed by atoms with Gasteiger partial charge in [0, 0.05) is 5.56 Å². The van der Waals surface area contributed by atoms with Crippen molar-refractivity contribution in [3.05, 3.63) is 52.8 Å². The van der Waals surface area contributed by atoms with E-state index in [4.69, 9.17) is 16.3 Å². The van der Waals surface area contributed by atoms with Crippen LogP contribution in [0.4, 0.5) is 4.39 Å². The molecule has 0 aliphatic carbocycles. The van der Waals surface area contributed by atoms with E-state index in [1.54, 1.807) is 6.92 Å². The molecule has 1 heterocycles. The van der Waals surface area contributed by atoms with Crippen molar-refractivity contribution >= 4 is 17.5 Å². The van der Waals surface area contributed by atoms with Gasteiger partial charge in [0.15, 0.2) is 0 Å². The van der Waals surface area contributed by atoms with Crippen LogP contribution in [0.15, 0.2) is 30.6 Å². The van der Waals surface area contributed by atoms with Crippen LogP contribution in [0.25, 0.3) is 0 Å². The second kappa shape index (κ2) is 6.49. The fourth-order valence-corrected chi connectivity index (χ4v) is 1.92. The number of hydrogen-bond acceptors (Lipinski definition) is 4. The number of aromatic nitrogens is 2. The molecule has 1 aromatic heterocycles. The Labute approximate surface area is 126 Å². The zero-order valence-corrected chi connectivity index (χ0v) is 12.2. The molecule has 1 atom stereocenters. The molecule has 5 nitrogen and oxygen atoms in total. The molecule has 0 spiro atoms. The molecule has 2 aromatic rings. The van der Waals surface area contributed by atoms with Crippen LogP contribution in [-0.2, 0) is 0 Å². The number of carbonyl (C=O) groups is 1. The van der Waals surface area contributed by atoms with E-state index < -0.39 is 17.8 Å². The number of ether oxygens (including phenoxy) is 1. The van der Waals surface area contributed by atoms with Gasteiger partial charge in [-0.25, -0.2) is 14.4 Å². The van der Waals surface area contributed by atoms with Gasteiger partial charge in [0.1, 0.15) is 22.4 Å². The Balaban J connectivity index is 2.17. The Kier molecular flexibility index (Phi) is 4.70. The highest BCUT2D eigenvalue weighted by Gasteiger charge is 2.17. The fourth-order valence-electron chi connectivity index (χ4n) is 1.82. The van der Waals surface area contributed by atoms with Crippen molar-refractivity contribution in [1.29, 1.82) is 0 Å². The maximum absolute atomic E-state index is 13.3. The van der Waals surface area contributed by atoms with Crippen LogP contribution in [0.3, 0.4) is 0 Å². The van der Waals surface area contributed by atoms with Gasteiger partial charge in [-0.2, -0.15) is 0 Å². The lowest BCUT2D eigenvalue weighted by atomic mass is 10.1. The quantitative estimate of drug-likeness (QED) is 0.943. The number of rotatable bonds is 4. The molecule has 0 saturated heterocycles. The zero-order valence-electron chi connectivity index (χ0n) is 11.4. The lowest BCUT2D eigenvalue weighted by Crippen LogP contribution is -2.27. The van der Waals surface area contributed by atoms with E-state index >= 15 is 0 Å². The maximum atomic E-state index is 13.3. The van der Waals surface area contributed by atoms with Gasteiger partial charge in [0.2, 0.25) is 0 Å². The highest BCUT2D eigenvalue weighted by atomic mass is 35.5. The SMILES string of the molecule is COc1ccc(F)cc1C(C)NC(=O)c1cnc(Cl)cn1. The van der Waals surface area contributed by atoms with Gasteiger partial charge in [0.05, 0.1) is 25.5 Å². The average Bonchev–Trinajstić information content (AvgIpc) is 2.47. The number of nitrogens with one attached hydrogen (secondary N) is 1. The summed E-state index contributed by atoms with van der Waals surface area (Å²) in [5.74, 6) is -0.345. The predicted octanol–water partition coefficient (Wildman–Crippen LogP) is 2.77. The van der Waals surface area contributed by atoms with Crippen LogP contribution in [0, 0.1) is 5.82 Å². The molecule has 1 N–H and O–H groups in total. The highest BCUT2D eigenvalue weighted by Crippen LogP contribution is 2.25. The third-order valence-corrected chi connectivity index (χ3v) is 3.05. The van der Waals surface area contributed by atoms with Crippen LogP contribution >= 0.6 is 11.6 Å². The Hall–Kier alpha value is -2.21. The first-order valence-electron chi connectivity index (χ1n) is 6.13. The molecule has 0 aliphatic rings. The molecule has 0 fully saturated rings. The zero-order chi connectivity index (χ0) is 15.4. The van der Waals surface area contributed by atoms with Crippen LogP contribution in [0.1, 0.15) is 29.0 Å². The first-order chi connectivity index (χ1) is 10.0. The molecule has 0 aliphatic heterocycles. The van der Waals surface area contributed by atoms with E-state index in [0.29, 0.717) is 11.3 Å². The van der Waals surface area contributed by atoms with E-state index in [0.717, 1.165) is 0 Å². The molecule has 7 heteroatoms. The molecule has 0 saturated carbocycles. The van der Waals surface area contributed by atoms with Crippen molar-refractivity contribution in [2.75, 3.05) is 7.11 Å². The largest absolute Gasteiger partial charge is 0.496 e. The number of halogens is 2. The molecule has 0 radical (unpaired) electrons. The number of carbonyl (C=O) groups excluding carboxylic acids is 1. The van der Waals surface area contributed by atoms with Gasteiger partial charge in [-0.05, 0) is 25.1 Å². The van der Waals surface area contributed by atoms with E-state index in [9.17, 15) is 9.18 Å². The van der Waals surface area contributed by atoms with Gasteiger partial charge in [-0.3, -0.25) is 4.79 Å². The lowest BCUT2D eigenvalue weighted by molar-refractivity contribution is 0.0934. The van der Waals surface area contributed by atoms with E-state index in [2.05, 4.69) is 15.3 Å². The van der Waals surface area contributed by atoms with Gasteiger partial charge >= 0.3 is 0 Å². The Morgan fingerprint density at radius 1 is 1.38 bits per heavy atom. The minimum Gasteiger partial charge on any atom is -0.496 e. The second-order valence-electron chi connectivity index (χ2n) is 4.31. The van der Waals surface area contributed by atoms with Crippen molar-refractivity contribution < 1.29 is 13.9 Å². The van der Waals surface area contributed by atoms with Crippen LogP contribution in [0.5, 0.6) is 5.75 Å². The predicted molar refractivity (Wildman–Crippen MR) is 75.9 cm³/mol. The van der Waals surface area contributed by atoms with Crippen molar-refractivity contribution in [2.45, 2.75) is 13.0 Å². The number of benzene rings is 1. The summed E-state index contributed by atoms with van der Waals surface area (Å²) in [4.78, 5) is 19.7. The molecule has 21 heavy (non-hydrogen) atoms. The number of nitrogens with zero attached hydrogens (tertiary/aromatic N) is 2. The number of methoxy groups -OCH3 is 1. The van der Waals surface area contributed by atoms with Gasteiger partial charge in [-0.15, -0.1) is 0 Å². The molecule has 1 aromatic carbocycles. The first-order valence-corrected chi connectivity index (χ1v) is 6.51. The lowest BCUT2D eigenvalue weighted by Gasteiger charge is -2.17. The van der Waals surface area contributed by atoms with Gasteiger partial charge in [0.25, 0.3) is 5.91 Å². The minimum atomic E-state index is -0.458. The maximum Gasteiger partial charge on any atom is 0.271 e. The summed E-state index contributed by atoms with van der Waals surface area (Å²) in [7, 11) is 1.48. The minimum absolute atomic E-state index is 0.126. The Morgan fingerprint density at radius 3 is 2.76 bits per heavy atom. The molecule has 0 bridgehead atoms. The number of amides is 1. The average molecular weight is 310 g/mol. The highest BCUT2D eigenvalue weighted by molar-refractivity contribution is 6.29. The standard InChI is InChI=1S/C14H13ClFN3O2/c1-8(10-5-9(16)3-4-12(10)21-2)19-14(20)11-6-18-13(15)7-17-11/h3-8H,1-2H3,(H,19,20). The summed E-state index contributed by atoms with van der Waals surface area (Å²) in [5.41, 5.74) is 0.661. The monoisotopic (exact) mass is 309 g/mol. The van der Waals surface area contributed by atoms with Crippen molar-refractivity contribution in [3.8, 4) is 5.75 Å².